The van der Waals surface area contributed by atoms with Crippen LogP contribution in [0.4, 0.5) is 5.95 Å². The molecule has 2 aromatic carbocycles. The molecule has 3 atom stereocenters. The summed E-state index contributed by atoms with van der Waals surface area (Å²) in [7, 11) is 0. The summed E-state index contributed by atoms with van der Waals surface area (Å²) in [6.07, 6.45) is 5.37. The van der Waals surface area contributed by atoms with E-state index in [1.807, 2.05) is 51.9 Å². The third kappa shape index (κ3) is 3.78. The van der Waals surface area contributed by atoms with Gasteiger partial charge in [0, 0.05) is 12.6 Å². The molecule has 1 aliphatic carbocycles. The van der Waals surface area contributed by atoms with Crippen LogP contribution in [0, 0.1) is 5.92 Å². The molecule has 32 heavy (non-hydrogen) atoms. The van der Waals surface area contributed by atoms with Crippen molar-refractivity contribution in [2.24, 2.45) is 5.92 Å². The minimum absolute atomic E-state index is 0.00946. The summed E-state index contributed by atoms with van der Waals surface area (Å²) in [6.45, 7) is 2.79. The number of para-hydroxylation sites is 2. The van der Waals surface area contributed by atoms with E-state index in [0.29, 0.717) is 18.4 Å². The van der Waals surface area contributed by atoms with Crippen LogP contribution in [0.25, 0.3) is 11.0 Å². The molecule has 0 radical (unpaired) electrons. The van der Waals surface area contributed by atoms with E-state index in [1.54, 1.807) is 0 Å². The molecule has 2 amide bonds. The summed E-state index contributed by atoms with van der Waals surface area (Å²) in [4.78, 5) is 33.2. The van der Waals surface area contributed by atoms with Crippen molar-refractivity contribution in [3.63, 3.8) is 0 Å². The van der Waals surface area contributed by atoms with Gasteiger partial charge in [0.25, 0.3) is 5.91 Å². The molecule has 1 N–H and O–H groups in total. The summed E-state index contributed by atoms with van der Waals surface area (Å²) in [5.41, 5.74) is 2.98. The van der Waals surface area contributed by atoms with Gasteiger partial charge in [-0.2, -0.15) is 0 Å². The topological polar surface area (TPSA) is 67.2 Å². The first-order chi connectivity index (χ1) is 15.6. The first-order valence-corrected chi connectivity index (χ1v) is 11.7. The fourth-order valence-corrected chi connectivity index (χ4v) is 5.29. The van der Waals surface area contributed by atoms with Crippen molar-refractivity contribution in [1.82, 2.24) is 14.9 Å². The average Bonchev–Trinajstić information content (AvgIpc) is 3.29. The van der Waals surface area contributed by atoms with Crippen molar-refractivity contribution >= 4 is 28.8 Å². The number of carbonyl (C=O) groups is 2. The third-order valence-electron chi connectivity index (χ3n) is 6.98. The van der Waals surface area contributed by atoms with Crippen molar-refractivity contribution in [2.75, 3.05) is 11.4 Å². The predicted octanol–water partition coefficient (Wildman–Crippen LogP) is 4.25. The molecule has 0 saturated heterocycles. The SMILES string of the molecule is C[C@@H]1CCCC[C@H]1N1C(=O)[C@H](CC(=O)NCCc2ccccc2)n2c1nc1ccccc12. The van der Waals surface area contributed by atoms with E-state index in [1.165, 1.54) is 12.0 Å². The molecule has 0 bridgehead atoms. The van der Waals surface area contributed by atoms with Gasteiger partial charge in [0.05, 0.1) is 17.5 Å². The standard InChI is InChI=1S/C26H30N4O2/c1-18-9-5-7-13-21(18)30-25(32)23(29-22-14-8-6-12-20(22)28-26(29)30)17-24(31)27-16-15-19-10-3-2-4-11-19/h2-4,6,8,10-12,14,18,21,23H,5,7,9,13,15-17H2,1H3,(H,27,31)/t18-,21-,23+/m1/s1. The lowest BCUT2D eigenvalue weighted by molar-refractivity contribution is -0.127. The van der Waals surface area contributed by atoms with Crippen LogP contribution in [0.1, 0.15) is 50.6 Å². The first kappa shape index (κ1) is 20.7. The fourth-order valence-electron chi connectivity index (χ4n) is 5.29. The van der Waals surface area contributed by atoms with Crippen LogP contribution in [-0.2, 0) is 16.0 Å². The number of hydrogen-bond acceptors (Lipinski definition) is 3. The van der Waals surface area contributed by atoms with Crippen LogP contribution in [-0.4, -0.2) is 34.0 Å². The average molecular weight is 431 g/mol. The van der Waals surface area contributed by atoms with Crippen LogP contribution in [0.3, 0.4) is 0 Å². The highest BCUT2D eigenvalue weighted by Gasteiger charge is 2.45. The number of imidazole rings is 1. The molecule has 1 saturated carbocycles. The van der Waals surface area contributed by atoms with E-state index in [-0.39, 0.29) is 24.3 Å². The van der Waals surface area contributed by atoms with Crippen LogP contribution < -0.4 is 10.2 Å². The highest BCUT2D eigenvalue weighted by atomic mass is 16.2. The lowest BCUT2D eigenvalue weighted by atomic mass is 9.85. The smallest absolute Gasteiger partial charge is 0.253 e. The number of anilines is 1. The fraction of sp³-hybridized carbons (Fsp3) is 0.423. The Kier molecular flexibility index (Phi) is 5.68. The lowest BCUT2D eigenvalue weighted by Crippen LogP contribution is -2.45. The number of benzene rings is 2. The number of nitrogens with one attached hydrogen (secondary N) is 1. The Morgan fingerprint density at radius 3 is 2.62 bits per heavy atom. The zero-order chi connectivity index (χ0) is 22.1. The van der Waals surface area contributed by atoms with Gasteiger partial charge >= 0.3 is 0 Å². The van der Waals surface area contributed by atoms with Crippen LogP contribution >= 0.6 is 0 Å². The number of aromatic nitrogens is 2. The number of carbonyl (C=O) groups excluding carboxylic acids is 2. The molecular formula is C26H30N4O2. The lowest BCUT2D eigenvalue weighted by Gasteiger charge is -2.35. The number of rotatable bonds is 6. The second-order valence-corrected chi connectivity index (χ2v) is 9.11. The van der Waals surface area contributed by atoms with Crippen molar-refractivity contribution < 1.29 is 9.59 Å². The molecule has 5 rings (SSSR count). The van der Waals surface area contributed by atoms with Crippen molar-refractivity contribution in [1.29, 1.82) is 0 Å². The molecule has 166 valence electrons. The minimum atomic E-state index is -0.539. The molecule has 0 unspecified atom stereocenters. The molecule has 6 heteroatoms. The van der Waals surface area contributed by atoms with Crippen molar-refractivity contribution in [3.8, 4) is 0 Å². The number of hydrogen-bond donors (Lipinski definition) is 1. The summed E-state index contributed by atoms with van der Waals surface area (Å²) < 4.78 is 2.00. The van der Waals surface area contributed by atoms with Gasteiger partial charge in [0.2, 0.25) is 11.9 Å². The predicted molar refractivity (Wildman–Crippen MR) is 125 cm³/mol. The molecular weight excluding hydrogens is 400 g/mol. The van der Waals surface area contributed by atoms with Crippen LogP contribution in [0.15, 0.2) is 54.6 Å². The Bertz CT molecular complexity index is 1120. The van der Waals surface area contributed by atoms with Crippen LogP contribution in [0.5, 0.6) is 0 Å². The Hall–Kier alpha value is -3.15. The molecule has 6 nitrogen and oxygen atoms in total. The van der Waals surface area contributed by atoms with Crippen LogP contribution in [0.2, 0.25) is 0 Å². The van der Waals surface area contributed by atoms with E-state index in [2.05, 4.69) is 24.4 Å². The van der Waals surface area contributed by atoms with Gasteiger partial charge in [-0.3, -0.25) is 19.1 Å². The Balaban J connectivity index is 1.37. The molecule has 1 aromatic heterocycles. The Labute approximate surface area is 188 Å². The summed E-state index contributed by atoms with van der Waals surface area (Å²) in [6, 6.07) is 17.6. The van der Waals surface area contributed by atoms with Gasteiger partial charge in [-0.25, -0.2) is 4.98 Å². The third-order valence-corrected chi connectivity index (χ3v) is 6.98. The number of amides is 2. The summed E-state index contributed by atoms with van der Waals surface area (Å²) >= 11 is 0. The maximum Gasteiger partial charge on any atom is 0.253 e. The highest BCUT2D eigenvalue weighted by molar-refractivity contribution is 6.04. The molecule has 3 aromatic rings. The number of fused-ring (bicyclic) bond motifs is 3. The number of nitrogens with zero attached hydrogens (tertiary/aromatic N) is 3. The second-order valence-electron chi connectivity index (χ2n) is 9.11. The maximum atomic E-state index is 13.6. The van der Waals surface area contributed by atoms with Crippen molar-refractivity contribution in [2.45, 2.75) is 57.5 Å². The summed E-state index contributed by atoms with van der Waals surface area (Å²) in [5.74, 6) is 1.05. The summed E-state index contributed by atoms with van der Waals surface area (Å²) in [5, 5.41) is 3.01. The normalized spacial score (nSPS) is 22.8. The second kappa shape index (κ2) is 8.77. The molecule has 0 spiro atoms. The van der Waals surface area contributed by atoms with E-state index in [0.717, 1.165) is 36.7 Å². The van der Waals surface area contributed by atoms with E-state index in [4.69, 9.17) is 4.98 Å². The van der Waals surface area contributed by atoms with E-state index < -0.39 is 6.04 Å². The molecule has 2 heterocycles. The zero-order valence-corrected chi connectivity index (χ0v) is 18.5. The van der Waals surface area contributed by atoms with E-state index in [9.17, 15) is 9.59 Å². The van der Waals surface area contributed by atoms with Gasteiger partial charge in [0.15, 0.2) is 0 Å². The minimum Gasteiger partial charge on any atom is -0.356 e. The quantitative estimate of drug-likeness (QED) is 0.636. The highest BCUT2D eigenvalue weighted by Crippen LogP contribution is 2.41. The van der Waals surface area contributed by atoms with Gasteiger partial charge < -0.3 is 5.32 Å². The maximum absolute atomic E-state index is 13.6. The largest absolute Gasteiger partial charge is 0.356 e. The van der Waals surface area contributed by atoms with Gasteiger partial charge in [-0.05, 0) is 42.9 Å². The van der Waals surface area contributed by atoms with Gasteiger partial charge in [-0.15, -0.1) is 0 Å². The van der Waals surface area contributed by atoms with Crippen molar-refractivity contribution in [3.05, 3.63) is 60.2 Å². The van der Waals surface area contributed by atoms with Gasteiger partial charge in [0.1, 0.15) is 6.04 Å². The van der Waals surface area contributed by atoms with Gasteiger partial charge in [-0.1, -0.05) is 62.2 Å². The zero-order valence-electron chi connectivity index (χ0n) is 18.5. The molecule has 2 aliphatic rings. The monoisotopic (exact) mass is 430 g/mol. The first-order valence-electron chi connectivity index (χ1n) is 11.7. The van der Waals surface area contributed by atoms with E-state index >= 15 is 0 Å². The molecule has 1 fully saturated rings. The molecule has 1 aliphatic heterocycles. The Morgan fingerprint density at radius 1 is 1.06 bits per heavy atom. The Morgan fingerprint density at radius 2 is 1.81 bits per heavy atom.